The highest BCUT2D eigenvalue weighted by atomic mass is 19.1. The molecule has 0 radical (unpaired) electrons. The highest BCUT2D eigenvalue weighted by molar-refractivity contribution is 5.93. The molecular formula is C14H21FN2O. The van der Waals surface area contributed by atoms with E-state index >= 15 is 0 Å². The van der Waals surface area contributed by atoms with E-state index in [4.69, 9.17) is 5.73 Å². The van der Waals surface area contributed by atoms with Crippen LogP contribution in [0.15, 0.2) is 24.3 Å². The van der Waals surface area contributed by atoms with Crippen molar-refractivity contribution in [2.24, 2.45) is 11.7 Å². The van der Waals surface area contributed by atoms with Gasteiger partial charge in [-0.15, -0.1) is 0 Å². The Morgan fingerprint density at radius 1 is 1.39 bits per heavy atom. The van der Waals surface area contributed by atoms with Gasteiger partial charge in [0, 0.05) is 19.0 Å². The van der Waals surface area contributed by atoms with E-state index in [1.807, 2.05) is 20.8 Å². The number of hydrogen-bond donors (Lipinski definition) is 1. The second kappa shape index (κ2) is 6.50. The van der Waals surface area contributed by atoms with Gasteiger partial charge in [-0.05, 0) is 25.0 Å². The Hall–Kier alpha value is -1.42. The van der Waals surface area contributed by atoms with Crippen molar-refractivity contribution in [1.29, 1.82) is 0 Å². The minimum Gasteiger partial charge on any atom is -0.327 e. The standard InChI is InChI=1S/C14H21FN2O/c1-4-17(13-8-6-5-7-11(13)15)14(18)9-12(16)10(2)3/h5-8,10,12H,4,9,16H2,1-3H3. The molecule has 1 amide bonds. The molecule has 0 saturated heterocycles. The van der Waals surface area contributed by atoms with Gasteiger partial charge < -0.3 is 10.6 Å². The summed E-state index contributed by atoms with van der Waals surface area (Å²) >= 11 is 0. The van der Waals surface area contributed by atoms with Crippen molar-refractivity contribution in [3.05, 3.63) is 30.1 Å². The summed E-state index contributed by atoms with van der Waals surface area (Å²) in [7, 11) is 0. The molecule has 4 heteroatoms. The van der Waals surface area contributed by atoms with Crippen molar-refractivity contribution in [2.45, 2.75) is 33.2 Å². The number of carbonyl (C=O) groups excluding carboxylic acids is 1. The predicted octanol–water partition coefficient (Wildman–Crippen LogP) is 2.55. The van der Waals surface area contributed by atoms with Crippen LogP contribution < -0.4 is 10.6 Å². The van der Waals surface area contributed by atoms with Gasteiger partial charge in [-0.25, -0.2) is 4.39 Å². The summed E-state index contributed by atoms with van der Waals surface area (Å²) in [4.78, 5) is 13.6. The maximum Gasteiger partial charge on any atom is 0.228 e. The third-order valence-corrected chi connectivity index (χ3v) is 3.03. The molecule has 18 heavy (non-hydrogen) atoms. The number of para-hydroxylation sites is 1. The van der Waals surface area contributed by atoms with Gasteiger partial charge in [0.15, 0.2) is 0 Å². The van der Waals surface area contributed by atoms with Crippen molar-refractivity contribution >= 4 is 11.6 Å². The number of benzene rings is 1. The van der Waals surface area contributed by atoms with Gasteiger partial charge in [0.1, 0.15) is 5.82 Å². The number of amides is 1. The molecule has 1 rings (SSSR count). The first kappa shape index (κ1) is 14.6. The second-order valence-corrected chi connectivity index (χ2v) is 4.70. The fourth-order valence-corrected chi connectivity index (χ4v) is 1.70. The fourth-order valence-electron chi connectivity index (χ4n) is 1.70. The van der Waals surface area contributed by atoms with Crippen molar-refractivity contribution in [3.63, 3.8) is 0 Å². The molecule has 0 fully saturated rings. The maximum absolute atomic E-state index is 13.7. The molecule has 0 heterocycles. The van der Waals surface area contributed by atoms with E-state index in [0.717, 1.165) is 0 Å². The van der Waals surface area contributed by atoms with Crippen LogP contribution in [0.25, 0.3) is 0 Å². The van der Waals surface area contributed by atoms with E-state index in [1.165, 1.54) is 11.0 Å². The first-order valence-electron chi connectivity index (χ1n) is 6.27. The summed E-state index contributed by atoms with van der Waals surface area (Å²) in [6.07, 6.45) is 0.236. The van der Waals surface area contributed by atoms with E-state index in [1.54, 1.807) is 18.2 Å². The molecule has 0 spiro atoms. The smallest absolute Gasteiger partial charge is 0.228 e. The lowest BCUT2D eigenvalue weighted by Gasteiger charge is -2.24. The summed E-state index contributed by atoms with van der Waals surface area (Å²) in [5.74, 6) is -0.289. The van der Waals surface area contributed by atoms with Crippen LogP contribution in [0.2, 0.25) is 0 Å². The predicted molar refractivity (Wildman–Crippen MR) is 71.9 cm³/mol. The number of anilines is 1. The molecule has 0 aliphatic heterocycles. The molecule has 0 aliphatic carbocycles. The Morgan fingerprint density at radius 2 is 2.00 bits per heavy atom. The SMILES string of the molecule is CCN(C(=O)CC(N)C(C)C)c1ccccc1F. The van der Waals surface area contributed by atoms with Crippen molar-refractivity contribution < 1.29 is 9.18 Å². The first-order chi connectivity index (χ1) is 8.47. The van der Waals surface area contributed by atoms with Crippen LogP contribution in [-0.2, 0) is 4.79 Å². The van der Waals surface area contributed by atoms with Crippen LogP contribution in [0.1, 0.15) is 27.2 Å². The van der Waals surface area contributed by atoms with Gasteiger partial charge >= 0.3 is 0 Å². The molecule has 0 aliphatic rings. The van der Waals surface area contributed by atoms with Crippen molar-refractivity contribution in [1.82, 2.24) is 0 Å². The number of nitrogens with two attached hydrogens (primary N) is 1. The van der Waals surface area contributed by atoms with E-state index in [9.17, 15) is 9.18 Å². The number of rotatable bonds is 5. The van der Waals surface area contributed by atoms with E-state index in [-0.39, 0.29) is 30.1 Å². The number of halogens is 1. The normalized spacial score (nSPS) is 12.6. The highest BCUT2D eigenvalue weighted by Gasteiger charge is 2.20. The molecule has 3 nitrogen and oxygen atoms in total. The van der Waals surface area contributed by atoms with Crippen LogP contribution in [0.5, 0.6) is 0 Å². The Balaban J connectivity index is 2.84. The quantitative estimate of drug-likeness (QED) is 0.875. The zero-order valence-electron chi connectivity index (χ0n) is 11.2. The fraction of sp³-hybridized carbons (Fsp3) is 0.500. The minimum absolute atomic E-state index is 0.135. The average Bonchev–Trinajstić information content (AvgIpc) is 2.32. The Kier molecular flexibility index (Phi) is 5.28. The van der Waals surface area contributed by atoms with Crippen molar-refractivity contribution in [3.8, 4) is 0 Å². The molecule has 100 valence electrons. The van der Waals surface area contributed by atoms with Crippen LogP contribution in [0.3, 0.4) is 0 Å². The first-order valence-corrected chi connectivity index (χ1v) is 6.27. The lowest BCUT2D eigenvalue weighted by molar-refractivity contribution is -0.119. The van der Waals surface area contributed by atoms with E-state index in [0.29, 0.717) is 12.2 Å². The highest BCUT2D eigenvalue weighted by Crippen LogP contribution is 2.20. The molecule has 0 bridgehead atoms. The molecular weight excluding hydrogens is 231 g/mol. The Bertz CT molecular complexity index is 407. The van der Waals surface area contributed by atoms with Gasteiger partial charge in [-0.3, -0.25) is 4.79 Å². The summed E-state index contributed by atoms with van der Waals surface area (Å²) < 4.78 is 13.7. The molecule has 1 aromatic rings. The molecule has 1 aromatic carbocycles. The van der Waals surface area contributed by atoms with Crippen LogP contribution in [-0.4, -0.2) is 18.5 Å². The largest absolute Gasteiger partial charge is 0.327 e. The monoisotopic (exact) mass is 252 g/mol. The van der Waals surface area contributed by atoms with Crippen LogP contribution in [0, 0.1) is 11.7 Å². The Labute approximate surface area is 108 Å². The lowest BCUT2D eigenvalue weighted by Crippen LogP contribution is -2.38. The third kappa shape index (κ3) is 3.53. The number of carbonyl (C=O) groups is 1. The average molecular weight is 252 g/mol. The lowest BCUT2D eigenvalue weighted by atomic mass is 10.0. The van der Waals surface area contributed by atoms with Gasteiger partial charge in [0.2, 0.25) is 5.91 Å². The molecule has 0 aromatic heterocycles. The Morgan fingerprint density at radius 3 is 2.50 bits per heavy atom. The maximum atomic E-state index is 13.7. The van der Waals surface area contributed by atoms with E-state index < -0.39 is 0 Å². The zero-order valence-corrected chi connectivity index (χ0v) is 11.2. The summed E-state index contributed by atoms with van der Waals surface area (Å²) in [5.41, 5.74) is 6.21. The summed E-state index contributed by atoms with van der Waals surface area (Å²) in [5, 5.41) is 0. The van der Waals surface area contributed by atoms with Gasteiger partial charge in [0.05, 0.1) is 5.69 Å². The van der Waals surface area contributed by atoms with Crippen LogP contribution >= 0.6 is 0 Å². The van der Waals surface area contributed by atoms with Gasteiger partial charge in [0.25, 0.3) is 0 Å². The zero-order chi connectivity index (χ0) is 13.7. The topological polar surface area (TPSA) is 46.3 Å². The third-order valence-electron chi connectivity index (χ3n) is 3.03. The van der Waals surface area contributed by atoms with Crippen molar-refractivity contribution in [2.75, 3.05) is 11.4 Å². The van der Waals surface area contributed by atoms with E-state index in [2.05, 4.69) is 0 Å². The van der Waals surface area contributed by atoms with Gasteiger partial charge in [-0.2, -0.15) is 0 Å². The molecule has 2 N–H and O–H groups in total. The molecule has 1 unspecified atom stereocenters. The number of hydrogen-bond acceptors (Lipinski definition) is 2. The van der Waals surface area contributed by atoms with Crippen LogP contribution in [0.4, 0.5) is 10.1 Å². The summed E-state index contributed by atoms with van der Waals surface area (Å²) in [6, 6.07) is 6.09. The molecule has 1 atom stereocenters. The summed E-state index contributed by atoms with van der Waals surface area (Å²) in [6.45, 7) is 6.20. The second-order valence-electron chi connectivity index (χ2n) is 4.70. The minimum atomic E-state index is -0.384. The molecule has 0 saturated carbocycles. The number of nitrogens with zero attached hydrogens (tertiary/aromatic N) is 1. The van der Waals surface area contributed by atoms with Gasteiger partial charge in [-0.1, -0.05) is 26.0 Å².